The van der Waals surface area contributed by atoms with Gasteiger partial charge in [0.2, 0.25) is 0 Å². The van der Waals surface area contributed by atoms with Crippen LogP contribution < -0.4 is 4.74 Å². The maximum Gasteiger partial charge on any atom is 0.339 e. The van der Waals surface area contributed by atoms with E-state index in [1.54, 1.807) is 55.6 Å². The zero-order valence-corrected chi connectivity index (χ0v) is 13.4. The zero-order chi connectivity index (χ0) is 15.9. The SMILES string of the molecule is COc1ccc(C(COC(=O)c2ccccc2Br)=NO)cc1. The van der Waals surface area contributed by atoms with Crippen molar-refractivity contribution in [3.8, 4) is 5.75 Å². The van der Waals surface area contributed by atoms with Gasteiger partial charge in [0, 0.05) is 10.0 Å². The number of ether oxygens (including phenoxy) is 2. The maximum absolute atomic E-state index is 12.0. The predicted molar refractivity (Wildman–Crippen MR) is 85.7 cm³/mol. The lowest BCUT2D eigenvalue weighted by molar-refractivity contribution is 0.0561. The molecule has 22 heavy (non-hydrogen) atoms. The van der Waals surface area contributed by atoms with E-state index < -0.39 is 5.97 Å². The first-order chi connectivity index (χ1) is 10.7. The van der Waals surface area contributed by atoms with Gasteiger partial charge in [-0.3, -0.25) is 0 Å². The number of oxime groups is 1. The van der Waals surface area contributed by atoms with E-state index in [-0.39, 0.29) is 12.3 Å². The molecule has 0 spiro atoms. The number of rotatable bonds is 5. The highest BCUT2D eigenvalue weighted by molar-refractivity contribution is 9.10. The molecule has 6 heteroatoms. The molecule has 0 fully saturated rings. The molecular formula is C16H14BrNO4. The molecule has 0 aromatic heterocycles. The van der Waals surface area contributed by atoms with Gasteiger partial charge in [-0.25, -0.2) is 4.79 Å². The van der Waals surface area contributed by atoms with Crippen LogP contribution in [0.1, 0.15) is 15.9 Å². The van der Waals surface area contributed by atoms with Crippen molar-refractivity contribution in [1.29, 1.82) is 0 Å². The number of methoxy groups -OCH3 is 1. The Morgan fingerprint density at radius 1 is 1.18 bits per heavy atom. The molecular weight excluding hydrogens is 350 g/mol. The summed E-state index contributed by atoms with van der Waals surface area (Å²) in [4.78, 5) is 12.0. The van der Waals surface area contributed by atoms with Gasteiger partial charge in [-0.15, -0.1) is 0 Å². The molecule has 0 aliphatic rings. The second-order valence-corrected chi connectivity index (χ2v) is 5.19. The van der Waals surface area contributed by atoms with Crippen LogP contribution in [-0.2, 0) is 4.74 Å². The molecule has 2 aromatic rings. The van der Waals surface area contributed by atoms with Crippen molar-refractivity contribution in [3.05, 3.63) is 64.1 Å². The molecule has 0 atom stereocenters. The molecule has 0 amide bonds. The number of hydrogen-bond donors (Lipinski definition) is 1. The Hall–Kier alpha value is -2.34. The van der Waals surface area contributed by atoms with Crippen LogP contribution in [0, 0.1) is 0 Å². The summed E-state index contributed by atoms with van der Waals surface area (Å²) in [5.41, 5.74) is 1.31. The molecule has 0 aliphatic carbocycles. The largest absolute Gasteiger partial charge is 0.497 e. The highest BCUT2D eigenvalue weighted by atomic mass is 79.9. The fraction of sp³-hybridized carbons (Fsp3) is 0.125. The topological polar surface area (TPSA) is 68.1 Å². The number of benzene rings is 2. The Bertz CT molecular complexity index is 683. The summed E-state index contributed by atoms with van der Waals surface area (Å²) in [5.74, 6) is 0.188. The minimum atomic E-state index is -0.498. The second-order valence-electron chi connectivity index (χ2n) is 4.33. The third kappa shape index (κ3) is 3.85. The van der Waals surface area contributed by atoms with Crippen LogP contribution in [0.3, 0.4) is 0 Å². The van der Waals surface area contributed by atoms with E-state index in [0.29, 0.717) is 21.3 Å². The minimum Gasteiger partial charge on any atom is -0.497 e. The summed E-state index contributed by atoms with van der Waals surface area (Å²) in [7, 11) is 1.57. The van der Waals surface area contributed by atoms with E-state index in [0.717, 1.165) is 0 Å². The number of carbonyl (C=O) groups is 1. The Morgan fingerprint density at radius 3 is 2.45 bits per heavy atom. The lowest BCUT2D eigenvalue weighted by Gasteiger charge is -2.08. The van der Waals surface area contributed by atoms with Gasteiger partial charge in [-0.2, -0.15) is 0 Å². The number of carbonyl (C=O) groups excluding carboxylic acids is 1. The standard InChI is InChI=1S/C16H14BrNO4/c1-21-12-8-6-11(7-9-12)15(18-20)10-22-16(19)13-4-2-3-5-14(13)17/h2-9,20H,10H2,1H3. The van der Waals surface area contributed by atoms with E-state index in [2.05, 4.69) is 21.1 Å². The van der Waals surface area contributed by atoms with Gasteiger partial charge in [0.05, 0.1) is 12.7 Å². The molecule has 2 rings (SSSR count). The quantitative estimate of drug-likeness (QED) is 0.382. The normalized spacial score (nSPS) is 11.1. The molecule has 1 N–H and O–H groups in total. The third-order valence-corrected chi connectivity index (χ3v) is 3.67. The Kier molecular flexibility index (Phi) is 5.55. The van der Waals surface area contributed by atoms with Gasteiger partial charge in [-0.1, -0.05) is 17.3 Å². The molecule has 0 saturated heterocycles. The summed E-state index contributed by atoms with van der Waals surface area (Å²) >= 11 is 3.29. The molecule has 0 radical (unpaired) electrons. The molecule has 0 saturated carbocycles. The Balaban J connectivity index is 2.05. The van der Waals surface area contributed by atoms with E-state index in [1.807, 2.05) is 0 Å². The monoisotopic (exact) mass is 363 g/mol. The first-order valence-electron chi connectivity index (χ1n) is 6.42. The molecule has 0 bridgehead atoms. The highest BCUT2D eigenvalue weighted by Gasteiger charge is 2.13. The van der Waals surface area contributed by atoms with Crippen LogP contribution in [0.15, 0.2) is 58.2 Å². The van der Waals surface area contributed by atoms with E-state index in [9.17, 15) is 4.79 Å². The van der Waals surface area contributed by atoms with Crippen molar-refractivity contribution < 1.29 is 19.5 Å². The van der Waals surface area contributed by atoms with Crippen molar-refractivity contribution in [2.24, 2.45) is 5.16 Å². The van der Waals surface area contributed by atoms with E-state index >= 15 is 0 Å². The molecule has 0 heterocycles. The van der Waals surface area contributed by atoms with Crippen molar-refractivity contribution in [3.63, 3.8) is 0 Å². The lowest BCUT2D eigenvalue weighted by atomic mass is 10.1. The summed E-state index contributed by atoms with van der Waals surface area (Å²) in [5, 5.41) is 12.3. The van der Waals surface area contributed by atoms with Crippen molar-refractivity contribution in [2.75, 3.05) is 13.7 Å². The van der Waals surface area contributed by atoms with Gasteiger partial charge >= 0.3 is 5.97 Å². The van der Waals surface area contributed by atoms with Crippen LogP contribution in [0.25, 0.3) is 0 Å². The number of nitrogens with zero attached hydrogens (tertiary/aromatic N) is 1. The maximum atomic E-state index is 12.0. The molecule has 114 valence electrons. The van der Waals surface area contributed by atoms with Gasteiger partial charge < -0.3 is 14.7 Å². The van der Waals surface area contributed by atoms with Gasteiger partial charge in [0.25, 0.3) is 0 Å². The third-order valence-electron chi connectivity index (χ3n) is 2.98. The number of esters is 1. The molecule has 5 nitrogen and oxygen atoms in total. The predicted octanol–water partition coefficient (Wildman–Crippen LogP) is 3.49. The van der Waals surface area contributed by atoms with Gasteiger partial charge in [0.1, 0.15) is 18.1 Å². The fourth-order valence-corrected chi connectivity index (χ4v) is 2.24. The summed E-state index contributed by atoms with van der Waals surface area (Å²) in [6, 6.07) is 13.9. The average molecular weight is 364 g/mol. The lowest BCUT2D eigenvalue weighted by Crippen LogP contribution is -2.15. The summed E-state index contributed by atoms with van der Waals surface area (Å²) in [6.07, 6.45) is 0. The van der Waals surface area contributed by atoms with Crippen molar-refractivity contribution in [2.45, 2.75) is 0 Å². The van der Waals surface area contributed by atoms with Crippen LogP contribution >= 0.6 is 15.9 Å². The van der Waals surface area contributed by atoms with Crippen LogP contribution in [0.2, 0.25) is 0 Å². The first kappa shape index (κ1) is 16.0. The Morgan fingerprint density at radius 2 is 1.86 bits per heavy atom. The van der Waals surface area contributed by atoms with Gasteiger partial charge in [-0.05, 0) is 52.3 Å². The fourth-order valence-electron chi connectivity index (χ4n) is 1.79. The van der Waals surface area contributed by atoms with Crippen LogP contribution in [-0.4, -0.2) is 30.6 Å². The van der Waals surface area contributed by atoms with Crippen molar-refractivity contribution in [1.82, 2.24) is 0 Å². The van der Waals surface area contributed by atoms with Crippen LogP contribution in [0.4, 0.5) is 0 Å². The second kappa shape index (κ2) is 7.61. The first-order valence-corrected chi connectivity index (χ1v) is 7.22. The summed E-state index contributed by atoms with van der Waals surface area (Å²) in [6.45, 7) is -0.136. The number of halogens is 1. The molecule has 0 unspecified atom stereocenters. The van der Waals surface area contributed by atoms with E-state index in [1.165, 1.54) is 0 Å². The summed E-state index contributed by atoms with van der Waals surface area (Å²) < 4.78 is 10.9. The van der Waals surface area contributed by atoms with Gasteiger partial charge in [0.15, 0.2) is 0 Å². The molecule has 2 aromatic carbocycles. The smallest absolute Gasteiger partial charge is 0.339 e. The van der Waals surface area contributed by atoms with E-state index in [4.69, 9.17) is 14.7 Å². The average Bonchev–Trinajstić information content (AvgIpc) is 2.56. The Labute approximate surface area is 136 Å². The minimum absolute atomic E-state index is 0.136. The highest BCUT2D eigenvalue weighted by Crippen LogP contribution is 2.17. The zero-order valence-electron chi connectivity index (χ0n) is 11.8. The number of hydrogen-bond acceptors (Lipinski definition) is 5. The van der Waals surface area contributed by atoms with Crippen molar-refractivity contribution >= 4 is 27.6 Å². The van der Waals surface area contributed by atoms with Crippen LogP contribution in [0.5, 0.6) is 5.75 Å². The molecule has 0 aliphatic heterocycles.